The van der Waals surface area contributed by atoms with Gasteiger partial charge in [0.1, 0.15) is 0 Å². The first-order valence-electron chi connectivity index (χ1n) is 7.32. The SMILES string of the molecule is CCCNC1CCC(O)(Cc2ccccc2Cl)CC1. The van der Waals surface area contributed by atoms with E-state index in [2.05, 4.69) is 12.2 Å². The van der Waals surface area contributed by atoms with E-state index in [1.54, 1.807) is 0 Å². The summed E-state index contributed by atoms with van der Waals surface area (Å²) in [7, 11) is 0. The van der Waals surface area contributed by atoms with Gasteiger partial charge in [-0.15, -0.1) is 0 Å². The molecule has 0 amide bonds. The first-order chi connectivity index (χ1) is 9.13. The Labute approximate surface area is 121 Å². The molecule has 0 radical (unpaired) electrons. The lowest BCUT2D eigenvalue weighted by atomic mass is 9.78. The van der Waals surface area contributed by atoms with Crippen LogP contribution in [0.5, 0.6) is 0 Å². The van der Waals surface area contributed by atoms with Crippen molar-refractivity contribution in [2.45, 2.75) is 57.1 Å². The normalized spacial score (nSPS) is 27.4. The van der Waals surface area contributed by atoms with Crippen LogP contribution in [0.4, 0.5) is 0 Å². The van der Waals surface area contributed by atoms with Crippen LogP contribution in [0.25, 0.3) is 0 Å². The first-order valence-corrected chi connectivity index (χ1v) is 7.70. The van der Waals surface area contributed by atoms with Crippen molar-refractivity contribution in [2.75, 3.05) is 6.54 Å². The van der Waals surface area contributed by atoms with E-state index >= 15 is 0 Å². The standard InChI is InChI=1S/C16H24ClNO/c1-2-11-18-14-7-9-16(19,10-8-14)12-13-5-3-4-6-15(13)17/h3-6,14,18-19H,2,7-12H2,1H3. The molecule has 0 unspecified atom stereocenters. The Bertz CT molecular complexity index is 399. The molecule has 0 aliphatic heterocycles. The lowest BCUT2D eigenvalue weighted by molar-refractivity contribution is -0.00304. The van der Waals surface area contributed by atoms with Crippen LogP contribution >= 0.6 is 11.6 Å². The maximum atomic E-state index is 10.7. The summed E-state index contributed by atoms with van der Waals surface area (Å²) < 4.78 is 0. The first kappa shape index (κ1) is 14.8. The van der Waals surface area contributed by atoms with Gasteiger partial charge < -0.3 is 10.4 Å². The summed E-state index contributed by atoms with van der Waals surface area (Å²) in [5, 5.41) is 15.0. The molecule has 2 nitrogen and oxygen atoms in total. The number of hydrogen-bond donors (Lipinski definition) is 2. The lowest BCUT2D eigenvalue weighted by Crippen LogP contribution is -2.42. The van der Waals surface area contributed by atoms with Crippen molar-refractivity contribution in [3.8, 4) is 0 Å². The highest BCUT2D eigenvalue weighted by Crippen LogP contribution is 2.33. The predicted octanol–water partition coefficient (Wildman–Crippen LogP) is 3.56. The Hall–Kier alpha value is -0.570. The zero-order valence-electron chi connectivity index (χ0n) is 11.7. The third-order valence-electron chi connectivity index (χ3n) is 4.08. The molecule has 0 bridgehead atoms. The van der Waals surface area contributed by atoms with Gasteiger partial charge in [-0.1, -0.05) is 36.7 Å². The Morgan fingerprint density at radius 2 is 2.00 bits per heavy atom. The fourth-order valence-electron chi connectivity index (χ4n) is 2.88. The van der Waals surface area contributed by atoms with Crippen molar-refractivity contribution in [2.24, 2.45) is 0 Å². The Balaban J connectivity index is 1.90. The molecule has 0 heterocycles. The van der Waals surface area contributed by atoms with Gasteiger partial charge in [-0.2, -0.15) is 0 Å². The van der Waals surface area contributed by atoms with E-state index in [9.17, 15) is 5.11 Å². The second-order valence-electron chi connectivity index (χ2n) is 5.72. The van der Waals surface area contributed by atoms with E-state index in [0.717, 1.165) is 42.8 Å². The molecule has 1 aliphatic rings. The van der Waals surface area contributed by atoms with Gasteiger partial charge in [0.05, 0.1) is 5.60 Å². The van der Waals surface area contributed by atoms with Gasteiger partial charge in [-0.05, 0) is 50.3 Å². The molecule has 0 saturated heterocycles. The molecule has 0 atom stereocenters. The van der Waals surface area contributed by atoms with Crippen LogP contribution in [-0.2, 0) is 6.42 Å². The lowest BCUT2D eigenvalue weighted by Gasteiger charge is -2.36. The predicted molar refractivity (Wildman–Crippen MR) is 80.7 cm³/mol. The van der Waals surface area contributed by atoms with Crippen LogP contribution in [-0.4, -0.2) is 23.3 Å². The third kappa shape index (κ3) is 4.20. The van der Waals surface area contributed by atoms with Gasteiger partial charge in [0, 0.05) is 17.5 Å². The molecule has 19 heavy (non-hydrogen) atoms. The fourth-order valence-corrected chi connectivity index (χ4v) is 3.08. The molecule has 1 fully saturated rings. The summed E-state index contributed by atoms with van der Waals surface area (Å²) in [4.78, 5) is 0. The van der Waals surface area contributed by atoms with Gasteiger partial charge in [0.2, 0.25) is 0 Å². The fraction of sp³-hybridized carbons (Fsp3) is 0.625. The molecule has 2 rings (SSSR count). The minimum absolute atomic E-state index is 0.574. The van der Waals surface area contributed by atoms with Gasteiger partial charge in [0.15, 0.2) is 0 Å². The summed E-state index contributed by atoms with van der Waals surface area (Å²) in [5.41, 5.74) is 0.488. The van der Waals surface area contributed by atoms with Crippen LogP contribution in [0.1, 0.15) is 44.6 Å². The van der Waals surface area contributed by atoms with Crippen LogP contribution in [0.15, 0.2) is 24.3 Å². The highest BCUT2D eigenvalue weighted by molar-refractivity contribution is 6.31. The molecular weight excluding hydrogens is 258 g/mol. The average molecular weight is 282 g/mol. The van der Waals surface area contributed by atoms with Crippen molar-refractivity contribution in [3.63, 3.8) is 0 Å². The molecule has 106 valence electrons. The number of rotatable bonds is 5. The summed E-state index contributed by atoms with van der Waals surface area (Å²) in [6.07, 6.45) is 5.68. The van der Waals surface area contributed by atoms with Gasteiger partial charge in [-0.25, -0.2) is 0 Å². The molecule has 0 aromatic heterocycles. The number of aliphatic hydroxyl groups is 1. The van der Waals surface area contributed by atoms with E-state index in [1.165, 1.54) is 6.42 Å². The molecule has 3 heteroatoms. The van der Waals surface area contributed by atoms with E-state index < -0.39 is 5.60 Å². The van der Waals surface area contributed by atoms with Crippen molar-refractivity contribution in [3.05, 3.63) is 34.9 Å². The van der Waals surface area contributed by atoms with Crippen molar-refractivity contribution >= 4 is 11.6 Å². The second-order valence-corrected chi connectivity index (χ2v) is 6.13. The van der Waals surface area contributed by atoms with Crippen LogP contribution < -0.4 is 5.32 Å². The highest BCUT2D eigenvalue weighted by Gasteiger charge is 2.33. The van der Waals surface area contributed by atoms with E-state index in [-0.39, 0.29) is 0 Å². The molecule has 1 aromatic carbocycles. The summed E-state index contributed by atoms with van der Waals surface area (Å²) in [5.74, 6) is 0. The molecule has 2 N–H and O–H groups in total. The number of benzene rings is 1. The van der Waals surface area contributed by atoms with Crippen molar-refractivity contribution in [1.29, 1.82) is 0 Å². The molecular formula is C16H24ClNO. The van der Waals surface area contributed by atoms with Crippen LogP contribution in [0.3, 0.4) is 0 Å². The van der Waals surface area contributed by atoms with Gasteiger partial charge in [-0.3, -0.25) is 0 Å². The minimum Gasteiger partial charge on any atom is -0.390 e. The minimum atomic E-state index is -0.574. The van der Waals surface area contributed by atoms with Gasteiger partial charge >= 0.3 is 0 Å². The van der Waals surface area contributed by atoms with Crippen molar-refractivity contribution in [1.82, 2.24) is 5.32 Å². The zero-order valence-corrected chi connectivity index (χ0v) is 12.4. The Kier molecular flexibility index (Phi) is 5.26. The number of halogens is 1. The maximum absolute atomic E-state index is 10.7. The van der Waals surface area contributed by atoms with Crippen LogP contribution in [0, 0.1) is 0 Å². The summed E-state index contributed by atoms with van der Waals surface area (Å²) in [6, 6.07) is 8.41. The number of hydrogen-bond acceptors (Lipinski definition) is 2. The van der Waals surface area contributed by atoms with Crippen LogP contribution in [0.2, 0.25) is 5.02 Å². The molecule has 1 aromatic rings. The quantitative estimate of drug-likeness (QED) is 0.865. The molecule has 1 saturated carbocycles. The summed E-state index contributed by atoms with van der Waals surface area (Å²) >= 11 is 6.18. The van der Waals surface area contributed by atoms with E-state index in [0.29, 0.717) is 12.5 Å². The Morgan fingerprint density at radius 1 is 1.32 bits per heavy atom. The molecule has 0 spiro atoms. The maximum Gasteiger partial charge on any atom is 0.0689 e. The topological polar surface area (TPSA) is 32.3 Å². The van der Waals surface area contributed by atoms with E-state index in [4.69, 9.17) is 11.6 Å². The zero-order chi connectivity index (χ0) is 13.7. The average Bonchev–Trinajstić information content (AvgIpc) is 2.41. The molecule has 1 aliphatic carbocycles. The van der Waals surface area contributed by atoms with Gasteiger partial charge in [0.25, 0.3) is 0 Å². The van der Waals surface area contributed by atoms with E-state index in [1.807, 2.05) is 24.3 Å². The monoisotopic (exact) mass is 281 g/mol. The smallest absolute Gasteiger partial charge is 0.0689 e. The second kappa shape index (κ2) is 6.74. The Morgan fingerprint density at radius 3 is 2.63 bits per heavy atom. The van der Waals surface area contributed by atoms with Crippen molar-refractivity contribution < 1.29 is 5.11 Å². The third-order valence-corrected chi connectivity index (χ3v) is 4.45. The largest absolute Gasteiger partial charge is 0.390 e. The highest BCUT2D eigenvalue weighted by atomic mass is 35.5. The summed E-state index contributed by atoms with van der Waals surface area (Å²) in [6.45, 7) is 3.26. The number of nitrogens with one attached hydrogen (secondary N) is 1.